The van der Waals surface area contributed by atoms with E-state index in [0.717, 1.165) is 31.8 Å². The molecule has 0 saturated carbocycles. The quantitative estimate of drug-likeness (QED) is 0.882. The summed E-state index contributed by atoms with van der Waals surface area (Å²) in [5, 5.41) is 12.2. The number of rotatable bonds is 4. The number of nitrogens with zero attached hydrogens (tertiary/aromatic N) is 3. The van der Waals surface area contributed by atoms with Crippen molar-refractivity contribution in [3.05, 3.63) is 29.6 Å². The monoisotopic (exact) mass is 272 g/mol. The number of hydrogen-bond acceptors (Lipinski definition) is 5. The highest BCUT2D eigenvalue weighted by atomic mass is 16.5. The maximum atomic E-state index is 8.82. The summed E-state index contributed by atoms with van der Waals surface area (Å²) in [4.78, 5) is 6.52. The average molecular weight is 272 g/mol. The molecule has 20 heavy (non-hydrogen) atoms. The Balaban J connectivity index is 1.44. The maximum absolute atomic E-state index is 8.82. The molecule has 2 aliphatic heterocycles. The fraction of sp³-hybridized carbons (Fsp3) is 0.600. The lowest BCUT2D eigenvalue weighted by atomic mass is 10.2. The largest absolute Gasteiger partial charge is 0.374 e. The summed E-state index contributed by atoms with van der Waals surface area (Å²) >= 11 is 0. The van der Waals surface area contributed by atoms with E-state index in [2.05, 4.69) is 21.3 Å². The van der Waals surface area contributed by atoms with Crippen LogP contribution in [-0.4, -0.2) is 48.3 Å². The van der Waals surface area contributed by atoms with E-state index in [4.69, 9.17) is 10.00 Å². The van der Waals surface area contributed by atoms with Crippen molar-refractivity contribution in [2.75, 3.05) is 26.2 Å². The lowest BCUT2D eigenvalue weighted by Gasteiger charge is -2.35. The highest BCUT2D eigenvalue weighted by Gasteiger charge is 2.31. The molecule has 0 amide bonds. The number of aromatic nitrogens is 1. The van der Waals surface area contributed by atoms with Crippen molar-refractivity contribution in [2.24, 2.45) is 0 Å². The molecule has 2 fully saturated rings. The molecule has 0 aliphatic carbocycles. The maximum Gasteiger partial charge on any atom is 0.140 e. The second kappa shape index (κ2) is 6.31. The fourth-order valence-corrected chi connectivity index (χ4v) is 3.03. The van der Waals surface area contributed by atoms with Gasteiger partial charge in [-0.15, -0.1) is 0 Å². The molecule has 2 saturated heterocycles. The number of nitriles is 1. The predicted octanol–water partition coefficient (Wildman–Crippen LogP) is 0.906. The number of ether oxygens (including phenoxy) is 1. The third kappa shape index (κ3) is 3.15. The van der Waals surface area contributed by atoms with Crippen LogP contribution in [0, 0.1) is 11.3 Å². The van der Waals surface area contributed by atoms with Crippen LogP contribution in [0.5, 0.6) is 0 Å². The topological polar surface area (TPSA) is 61.2 Å². The molecule has 2 atom stereocenters. The molecule has 0 spiro atoms. The zero-order valence-electron chi connectivity index (χ0n) is 11.6. The predicted molar refractivity (Wildman–Crippen MR) is 75.0 cm³/mol. The van der Waals surface area contributed by atoms with Crippen molar-refractivity contribution in [1.29, 1.82) is 5.26 Å². The van der Waals surface area contributed by atoms with Gasteiger partial charge >= 0.3 is 0 Å². The van der Waals surface area contributed by atoms with Crippen LogP contribution >= 0.6 is 0 Å². The van der Waals surface area contributed by atoms with Crippen LogP contribution in [-0.2, 0) is 11.3 Å². The Bertz CT molecular complexity index is 499. The number of morpholine rings is 1. The van der Waals surface area contributed by atoms with Crippen molar-refractivity contribution < 1.29 is 4.74 Å². The van der Waals surface area contributed by atoms with Gasteiger partial charge < -0.3 is 10.1 Å². The van der Waals surface area contributed by atoms with Gasteiger partial charge in [0, 0.05) is 31.9 Å². The van der Waals surface area contributed by atoms with Gasteiger partial charge in [0.1, 0.15) is 11.8 Å². The summed E-state index contributed by atoms with van der Waals surface area (Å²) in [6, 6.07) is 6.48. The molecule has 5 heteroatoms. The lowest BCUT2D eigenvalue weighted by Crippen LogP contribution is -2.49. The van der Waals surface area contributed by atoms with Crippen LogP contribution < -0.4 is 5.32 Å². The minimum atomic E-state index is 0.279. The summed E-state index contributed by atoms with van der Waals surface area (Å²) in [7, 11) is 0. The molecular weight excluding hydrogens is 252 g/mol. The second-order valence-electron chi connectivity index (χ2n) is 5.54. The molecule has 3 heterocycles. The van der Waals surface area contributed by atoms with Crippen LogP contribution in [0.2, 0.25) is 0 Å². The Labute approximate surface area is 119 Å². The van der Waals surface area contributed by atoms with Gasteiger partial charge in [-0.05, 0) is 37.1 Å². The van der Waals surface area contributed by atoms with Gasteiger partial charge in [0.05, 0.1) is 12.7 Å². The van der Waals surface area contributed by atoms with Crippen LogP contribution in [0.15, 0.2) is 18.3 Å². The molecule has 3 rings (SSSR count). The molecule has 2 aliphatic rings. The van der Waals surface area contributed by atoms with E-state index < -0.39 is 0 Å². The zero-order chi connectivity index (χ0) is 13.8. The van der Waals surface area contributed by atoms with Gasteiger partial charge in [-0.3, -0.25) is 4.90 Å². The van der Waals surface area contributed by atoms with E-state index in [9.17, 15) is 0 Å². The molecular formula is C15H20N4O. The van der Waals surface area contributed by atoms with E-state index in [1.807, 2.05) is 12.1 Å². The summed E-state index contributed by atoms with van der Waals surface area (Å²) < 4.78 is 5.91. The van der Waals surface area contributed by atoms with Crippen LogP contribution in [0.25, 0.3) is 0 Å². The molecule has 0 bridgehead atoms. The highest BCUT2D eigenvalue weighted by Crippen LogP contribution is 2.22. The second-order valence-corrected chi connectivity index (χ2v) is 5.54. The third-order valence-corrected chi connectivity index (χ3v) is 4.10. The molecule has 2 unspecified atom stereocenters. The zero-order valence-corrected chi connectivity index (χ0v) is 11.6. The number of fused-ring (bicyclic) bond motifs is 1. The summed E-state index contributed by atoms with van der Waals surface area (Å²) in [5.41, 5.74) is 1.56. The highest BCUT2D eigenvalue weighted by molar-refractivity contribution is 5.25. The standard InChI is InChI=1S/C15H20N4O/c16-7-13-6-12(3-4-18-13)8-17-9-15-10-19-5-1-2-14(19)11-20-15/h3-4,6,14-15,17H,1-2,5,8-11H2. The van der Waals surface area contributed by atoms with E-state index >= 15 is 0 Å². The fourth-order valence-electron chi connectivity index (χ4n) is 3.03. The Morgan fingerprint density at radius 1 is 1.55 bits per heavy atom. The van der Waals surface area contributed by atoms with E-state index in [0.29, 0.717) is 11.7 Å². The molecule has 0 aromatic carbocycles. The molecule has 0 radical (unpaired) electrons. The number of nitrogens with one attached hydrogen (secondary N) is 1. The van der Waals surface area contributed by atoms with Crippen LogP contribution in [0.4, 0.5) is 0 Å². The number of pyridine rings is 1. The third-order valence-electron chi connectivity index (χ3n) is 4.10. The summed E-state index contributed by atoms with van der Waals surface area (Å²) in [6.07, 6.45) is 4.55. The van der Waals surface area contributed by atoms with Gasteiger partial charge in [0.15, 0.2) is 0 Å². The van der Waals surface area contributed by atoms with Gasteiger partial charge in [0.25, 0.3) is 0 Å². The average Bonchev–Trinajstić information content (AvgIpc) is 2.95. The first-order valence-corrected chi connectivity index (χ1v) is 7.26. The van der Waals surface area contributed by atoms with Gasteiger partial charge in [-0.2, -0.15) is 5.26 Å². The first kappa shape index (κ1) is 13.5. The first-order chi connectivity index (χ1) is 9.85. The van der Waals surface area contributed by atoms with E-state index in [1.165, 1.54) is 19.4 Å². The molecule has 106 valence electrons. The Morgan fingerprint density at radius 3 is 3.40 bits per heavy atom. The van der Waals surface area contributed by atoms with Crippen molar-refractivity contribution >= 4 is 0 Å². The minimum absolute atomic E-state index is 0.279. The van der Waals surface area contributed by atoms with Gasteiger partial charge in [0.2, 0.25) is 0 Å². The SMILES string of the molecule is N#Cc1cc(CNCC2CN3CCCC3CO2)ccn1. The van der Waals surface area contributed by atoms with E-state index in [1.54, 1.807) is 6.20 Å². The molecule has 1 aromatic rings. The molecule has 1 N–H and O–H groups in total. The Morgan fingerprint density at radius 2 is 2.50 bits per heavy atom. The summed E-state index contributed by atoms with van der Waals surface area (Å²) in [6.45, 7) is 4.74. The van der Waals surface area contributed by atoms with Crippen molar-refractivity contribution in [1.82, 2.24) is 15.2 Å². The van der Waals surface area contributed by atoms with Crippen molar-refractivity contribution in [3.63, 3.8) is 0 Å². The summed E-state index contributed by atoms with van der Waals surface area (Å²) in [5.74, 6) is 0. The number of hydrogen-bond donors (Lipinski definition) is 1. The normalized spacial score (nSPS) is 26.1. The van der Waals surface area contributed by atoms with Gasteiger partial charge in [-0.25, -0.2) is 4.98 Å². The minimum Gasteiger partial charge on any atom is -0.374 e. The lowest BCUT2D eigenvalue weighted by molar-refractivity contribution is -0.0470. The Hall–Kier alpha value is -1.48. The first-order valence-electron chi connectivity index (χ1n) is 7.26. The van der Waals surface area contributed by atoms with Crippen molar-refractivity contribution in [3.8, 4) is 6.07 Å². The molecule has 1 aromatic heterocycles. The Kier molecular flexibility index (Phi) is 4.26. The van der Waals surface area contributed by atoms with Gasteiger partial charge in [-0.1, -0.05) is 0 Å². The van der Waals surface area contributed by atoms with E-state index in [-0.39, 0.29) is 6.10 Å². The molecule has 5 nitrogen and oxygen atoms in total. The van der Waals surface area contributed by atoms with Crippen LogP contribution in [0.1, 0.15) is 24.1 Å². The smallest absolute Gasteiger partial charge is 0.140 e. The van der Waals surface area contributed by atoms with Crippen LogP contribution in [0.3, 0.4) is 0 Å². The van der Waals surface area contributed by atoms with Crippen molar-refractivity contribution in [2.45, 2.75) is 31.5 Å².